The van der Waals surface area contributed by atoms with Crippen molar-refractivity contribution in [3.05, 3.63) is 29.8 Å². The maximum absolute atomic E-state index is 13.4. The molecule has 0 unspecified atom stereocenters. The molecule has 1 aromatic carbocycles. The normalized spacial score (nSPS) is 23.8. The first-order valence-corrected chi connectivity index (χ1v) is 13.3. The predicted octanol–water partition coefficient (Wildman–Crippen LogP) is 2.55. The molecule has 0 radical (unpaired) electrons. The zero-order valence-corrected chi connectivity index (χ0v) is 20.2. The van der Waals surface area contributed by atoms with Gasteiger partial charge >= 0.3 is 0 Å². The van der Waals surface area contributed by atoms with Crippen molar-refractivity contribution in [3.63, 3.8) is 0 Å². The van der Waals surface area contributed by atoms with Crippen LogP contribution >= 0.6 is 11.3 Å². The van der Waals surface area contributed by atoms with E-state index >= 15 is 0 Å². The topological polar surface area (TPSA) is 90.2 Å². The first-order chi connectivity index (χ1) is 16.5. The van der Waals surface area contributed by atoms with Crippen LogP contribution in [0.15, 0.2) is 24.3 Å². The van der Waals surface area contributed by atoms with Gasteiger partial charge in [-0.1, -0.05) is 18.2 Å². The summed E-state index contributed by atoms with van der Waals surface area (Å²) in [7, 11) is 0. The standard InChI is InChI=1S/C25H31N5O3S/c26-21-20(18-6-1-2-7-19(18)34-21)22(31)27-14-8-17(9-15-27)28-11-5-10-25(16-28)23(32)29-12-3-4-13-30(29)24(25)33/h1-2,6-7,17H,3-5,8-16,26H2. The summed E-state index contributed by atoms with van der Waals surface area (Å²) in [6.45, 7) is 4.06. The molecule has 0 saturated carbocycles. The van der Waals surface area contributed by atoms with E-state index in [0.717, 1.165) is 48.7 Å². The molecule has 2 N–H and O–H groups in total. The van der Waals surface area contributed by atoms with E-state index in [4.69, 9.17) is 5.73 Å². The van der Waals surface area contributed by atoms with Crippen molar-refractivity contribution in [3.8, 4) is 0 Å². The fourth-order valence-corrected chi connectivity index (χ4v) is 7.36. The first kappa shape index (κ1) is 21.9. The summed E-state index contributed by atoms with van der Waals surface area (Å²) in [6.07, 6.45) is 5.13. The van der Waals surface area contributed by atoms with Crippen molar-refractivity contribution in [2.75, 3.05) is 45.0 Å². The van der Waals surface area contributed by atoms with Crippen molar-refractivity contribution in [1.29, 1.82) is 0 Å². The quantitative estimate of drug-likeness (QED) is 0.666. The number of piperidine rings is 2. The lowest BCUT2D eigenvalue weighted by atomic mass is 9.78. The Labute approximate surface area is 203 Å². The van der Waals surface area contributed by atoms with Crippen LogP contribution in [0, 0.1) is 5.41 Å². The van der Waals surface area contributed by atoms with Crippen LogP contribution in [0.5, 0.6) is 0 Å². The average molecular weight is 482 g/mol. The molecule has 0 atom stereocenters. The lowest BCUT2D eigenvalue weighted by Gasteiger charge is -2.44. The molecule has 0 bridgehead atoms. The molecular weight excluding hydrogens is 450 g/mol. The van der Waals surface area contributed by atoms with Crippen LogP contribution in [0.3, 0.4) is 0 Å². The van der Waals surface area contributed by atoms with Gasteiger partial charge in [0.05, 0.1) is 10.6 Å². The van der Waals surface area contributed by atoms with Crippen molar-refractivity contribution in [2.45, 2.75) is 44.6 Å². The monoisotopic (exact) mass is 481 g/mol. The summed E-state index contributed by atoms with van der Waals surface area (Å²) in [5, 5.41) is 4.94. The zero-order valence-electron chi connectivity index (χ0n) is 19.4. The summed E-state index contributed by atoms with van der Waals surface area (Å²) in [6, 6.07) is 8.16. The van der Waals surface area contributed by atoms with Gasteiger partial charge < -0.3 is 10.6 Å². The van der Waals surface area contributed by atoms with Crippen LogP contribution in [-0.2, 0) is 9.59 Å². The van der Waals surface area contributed by atoms with Crippen LogP contribution in [-0.4, -0.2) is 82.8 Å². The van der Waals surface area contributed by atoms with E-state index in [0.29, 0.717) is 49.7 Å². The van der Waals surface area contributed by atoms with E-state index in [1.807, 2.05) is 29.2 Å². The summed E-state index contributed by atoms with van der Waals surface area (Å²) in [5.41, 5.74) is 5.96. The molecule has 6 rings (SSSR count). The second-order valence-corrected chi connectivity index (χ2v) is 11.2. The number of hydrogen-bond donors (Lipinski definition) is 1. The van der Waals surface area contributed by atoms with E-state index in [9.17, 15) is 14.4 Å². The van der Waals surface area contributed by atoms with Gasteiger partial charge in [-0.15, -0.1) is 11.3 Å². The molecule has 1 aromatic heterocycles. The van der Waals surface area contributed by atoms with E-state index in [2.05, 4.69) is 4.90 Å². The minimum atomic E-state index is -0.903. The Kier molecular flexibility index (Phi) is 5.29. The summed E-state index contributed by atoms with van der Waals surface area (Å²) in [5.74, 6) is 0.0259. The van der Waals surface area contributed by atoms with Gasteiger partial charge in [0.2, 0.25) is 0 Å². The Hall–Kier alpha value is -2.65. The Bertz CT molecular complexity index is 1130. The molecule has 4 aliphatic rings. The van der Waals surface area contributed by atoms with Gasteiger partial charge in [0.1, 0.15) is 5.41 Å². The molecule has 1 spiro atoms. The molecule has 9 heteroatoms. The first-order valence-electron chi connectivity index (χ1n) is 12.4. The Morgan fingerprint density at radius 1 is 0.941 bits per heavy atom. The molecule has 4 aliphatic heterocycles. The van der Waals surface area contributed by atoms with Gasteiger partial charge in [0.25, 0.3) is 17.7 Å². The van der Waals surface area contributed by atoms with Gasteiger partial charge in [0, 0.05) is 48.9 Å². The minimum Gasteiger partial charge on any atom is -0.390 e. The zero-order chi connectivity index (χ0) is 23.4. The van der Waals surface area contributed by atoms with Crippen LogP contribution in [0.2, 0.25) is 0 Å². The highest BCUT2D eigenvalue weighted by atomic mass is 32.1. The van der Waals surface area contributed by atoms with Crippen molar-refractivity contribution >= 4 is 44.1 Å². The third kappa shape index (κ3) is 3.24. The van der Waals surface area contributed by atoms with Crippen LogP contribution in [0.4, 0.5) is 5.00 Å². The number of benzene rings is 1. The molecule has 5 heterocycles. The Balaban J connectivity index is 1.15. The molecule has 4 saturated heterocycles. The number of rotatable bonds is 2. The number of nitrogen functional groups attached to an aromatic ring is 1. The number of likely N-dealkylation sites (tertiary alicyclic amines) is 2. The van der Waals surface area contributed by atoms with Crippen molar-refractivity contribution < 1.29 is 14.4 Å². The maximum Gasteiger partial charge on any atom is 0.258 e. The van der Waals surface area contributed by atoms with Crippen molar-refractivity contribution in [1.82, 2.24) is 19.8 Å². The molecule has 3 amide bonds. The number of nitrogens with two attached hydrogens (primary N) is 1. The predicted molar refractivity (Wildman–Crippen MR) is 131 cm³/mol. The lowest BCUT2D eigenvalue weighted by molar-refractivity contribution is -0.150. The molecule has 2 aromatic rings. The summed E-state index contributed by atoms with van der Waals surface area (Å²) >= 11 is 1.46. The Morgan fingerprint density at radius 2 is 1.62 bits per heavy atom. The average Bonchev–Trinajstić information content (AvgIpc) is 3.31. The number of thiophene rings is 1. The minimum absolute atomic E-state index is 0.00863. The smallest absolute Gasteiger partial charge is 0.258 e. The SMILES string of the molecule is Nc1sc2ccccc2c1C(=O)N1CCC(N2CCCC3(C2)C(=O)N2CCCCN2C3=O)CC1. The van der Waals surface area contributed by atoms with Gasteiger partial charge in [-0.3, -0.25) is 29.3 Å². The van der Waals surface area contributed by atoms with E-state index in [1.54, 1.807) is 10.0 Å². The van der Waals surface area contributed by atoms with Crippen LogP contribution in [0.1, 0.15) is 48.9 Å². The van der Waals surface area contributed by atoms with Gasteiger partial charge in [-0.2, -0.15) is 0 Å². The van der Waals surface area contributed by atoms with Crippen LogP contribution < -0.4 is 5.73 Å². The highest BCUT2D eigenvalue weighted by Crippen LogP contribution is 2.42. The summed E-state index contributed by atoms with van der Waals surface area (Å²) in [4.78, 5) is 44.3. The number of hydrogen-bond acceptors (Lipinski definition) is 6. The third-order valence-electron chi connectivity index (χ3n) is 8.20. The van der Waals surface area contributed by atoms with Gasteiger partial charge in [-0.25, -0.2) is 0 Å². The molecule has 4 fully saturated rings. The molecule has 180 valence electrons. The number of amides is 3. The number of carbonyl (C=O) groups is 3. The molecular formula is C25H31N5O3S. The van der Waals surface area contributed by atoms with Gasteiger partial charge in [0.15, 0.2) is 0 Å². The maximum atomic E-state index is 13.4. The lowest BCUT2D eigenvalue weighted by Crippen LogP contribution is -2.56. The Morgan fingerprint density at radius 3 is 2.32 bits per heavy atom. The van der Waals surface area contributed by atoms with E-state index in [1.165, 1.54) is 11.3 Å². The number of fused-ring (bicyclic) bond motifs is 2. The molecule has 8 nitrogen and oxygen atoms in total. The molecule has 34 heavy (non-hydrogen) atoms. The number of nitrogens with zero attached hydrogens (tertiary/aromatic N) is 4. The number of anilines is 1. The van der Waals surface area contributed by atoms with E-state index < -0.39 is 5.41 Å². The highest BCUT2D eigenvalue weighted by molar-refractivity contribution is 7.23. The number of hydrazine groups is 1. The highest BCUT2D eigenvalue weighted by Gasteiger charge is 2.60. The fraction of sp³-hybridized carbons (Fsp3) is 0.560. The molecule has 0 aliphatic carbocycles. The largest absolute Gasteiger partial charge is 0.390 e. The van der Waals surface area contributed by atoms with Crippen LogP contribution in [0.25, 0.3) is 10.1 Å². The second-order valence-electron chi connectivity index (χ2n) is 10.1. The van der Waals surface area contributed by atoms with Crippen molar-refractivity contribution in [2.24, 2.45) is 5.41 Å². The number of carbonyl (C=O) groups excluding carboxylic acids is 3. The second kappa shape index (κ2) is 8.23. The third-order valence-corrected chi connectivity index (χ3v) is 9.20. The summed E-state index contributed by atoms with van der Waals surface area (Å²) < 4.78 is 1.04. The fourth-order valence-electron chi connectivity index (χ4n) is 6.40. The van der Waals surface area contributed by atoms with Gasteiger partial charge in [-0.05, 0) is 51.1 Å². The van der Waals surface area contributed by atoms with E-state index in [-0.39, 0.29) is 23.8 Å².